The van der Waals surface area contributed by atoms with E-state index in [0.29, 0.717) is 11.5 Å². The average molecular weight is 703 g/mol. The molecule has 0 fully saturated rings. The molecule has 3 nitrogen and oxygen atoms in total. The van der Waals surface area contributed by atoms with E-state index in [1.807, 2.05) is 72.8 Å². The Balaban J connectivity index is 1.41. The van der Waals surface area contributed by atoms with E-state index in [0.717, 1.165) is 75.8 Å². The van der Waals surface area contributed by atoms with Gasteiger partial charge in [-0.1, -0.05) is 152 Å². The summed E-state index contributed by atoms with van der Waals surface area (Å²) in [7, 11) is -1.61. The topological polar surface area (TPSA) is 29.0 Å². The predicted molar refractivity (Wildman–Crippen MR) is 224 cm³/mol. The number of nitrogens with zero attached hydrogens (tertiary/aromatic N) is 3. The lowest BCUT2D eigenvalue weighted by Gasteiger charge is -2.41. The summed E-state index contributed by atoms with van der Waals surface area (Å²) in [4.78, 5) is 11.0. The van der Waals surface area contributed by atoms with Crippen molar-refractivity contribution in [3.8, 4) is 22.4 Å². The van der Waals surface area contributed by atoms with Crippen LogP contribution in [0.25, 0.3) is 75.0 Å². The van der Waals surface area contributed by atoms with Crippen molar-refractivity contribution in [1.82, 2.24) is 9.97 Å². The van der Waals surface area contributed by atoms with E-state index in [-0.39, 0.29) is 0 Å². The minimum absolute atomic E-state index is 0.358. The number of para-hydroxylation sites is 1. The first-order valence-electron chi connectivity index (χ1n) is 18.9. The van der Waals surface area contributed by atoms with Crippen molar-refractivity contribution in [3.63, 3.8) is 0 Å². The Morgan fingerprint density at radius 2 is 1.25 bits per heavy atom. The first kappa shape index (κ1) is 26.8. The van der Waals surface area contributed by atoms with Crippen molar-refractivity contribution in [2.75, 3.05) is 4.67 Å². The number of anilines is 2. The van der Waals surface area contributed by atoms with E-state index < -0.39 is 14.9 Å². The van der Waals surface area contributed by atoms with E-state index in [9.17, 15) is 0 Å². The van der Waals surface area contributed by atoms with Gasteiger partial charge in [0.25, 0.3) is 0 Å². The van der Waals surface area contributed by atoms with Gasteiger partial charge in [-0.15, -0.1) is 11.3 Å². The molecule has 0 spiro atoms. The molecule has 52 heavy (non-hydrogen) atoms. The molecule has 0 N–H and O–H groups in total. The molecule has 1 aliphatic rings. The van der Waals surface area contributed by atoms with Gasteiger partial charge < -0.3 is 0 Å². The van der Waals surface area contributed by atoms with Gasteiger partial charge in [0.15, 0.2) is 0 Å². The summed E-state index contributed by atoms with van der Waals surface area (Å²) >= 11 is 1.78. The van der Waals surface area contributed by atoms with Crippen LogP contribution in [0.1, 0.15) is 9.68 Å². The number of aromatic nitrogens is 2. The maximum atomic E-state index is 9.11. The number of benzene rings is 8. The quantitative estimate of drug-likeness (QED) is 0.172. The third-order valence-corrected chi connectivity index (χ3v) is 13.9. The molecule has 1 atom stereocenters. The van der Waals surface area contributed by atoms with Crippen LogP contribution in [0.2, 0.25) is 0 Å². The number of fused-ring (bicyclic) bond motifs is 13. The normalized spacial score (nSPS) is 15.1. The number of hydrogen-bond donors (Lipinski definition) is 0. The van der Waals surface area contributed by atoms with Crippen LogP contribution in [-0.2, 0) is 0 Å². The Bertz CT molecular complexity index is 3160. The SMILES string of the molecule is [2H]C([2H])([2H])c1cc2ccccc2c2c1P(c1ccccc1)N(c1nc(-c3ccccc3)c3ccccc3n1)c1c-2c2ccccc2c2c1sc1ccccc12. The molecule has 10 aromatic rings. The second-order valence-corrected chi connectivity index (χ2v) is 16.2. The smallest absolute Gasteiger partial charge is 0.235 e. The van der Waals surface area contributed by atoms with Crippen molar-refractivity contribution in [2.24, 2.45) is 0 Å². The molecule has 0 radical (unpaired) electrons. The Morgan fingerprint density at radius 3 is 2.06 bits per heavy atom. The fourth-order valence-electron chi connectivity index (χ4n) is 8.08. The van der Waals surface area contributed by atoms with Crippen molar-refractivity contribution in [2.45, 2.75) is 6.85 Å². The van der Waals surface area contributed by atoms with Gasteiger partial charge in [0.05, 0.1) is 29.7 Å². The largest absolute Gasteiger partial charge is 0.278 e. The van der Waals surface area contributed by atoms with E-state index in [1.54, 1.807) is 11.3 Å². The van der Waals surface area contributed by atoms with Crippen LogP contribution in [0.15, 0.2) is 164 Å². The van der Waals surface area contributed by atoms with Crippen LogP contribution in [-0.4, -0.2) is 9.97 Å². The van der Waals surface area contributed by atoms with Gasteiger partial charge in [-0.05, 0) is 46.1 Å². The number of thiophene rings is 1. The lowest BCUT2D eigenvalue weighted by atomic mass is 9.89. The summed E-state index contributed by atoms with van der Waals surface area (Å²) in [5, 5.41) is 9.32. The molecule has 5 heteroatoms. The lowest BCUT2D eigenvalue weighted by molar-refractivity contribution is 1.17. The summed E-state index contributed by atoms with van der Waals surface area (Å²) < 4.78 is 32.0. The summed E-state index contributed by atoms with van der Waals surface area (Å²) in [6, 6.07) is 56.2. The van der Waals surface area contributed by atoms with Crippen LogP contribution in [0.5, 0.6) is 0 Å². The fraction of sp³-hybridized carbons (Fsp3) is 0.0213. The molecular weight excluding hydrogens is 670 g/mol. The highest BCUT2D eigenvalue weighted by Gasteiger charge is 2.40. The monoisotopic (exact) mass is 702 g/mol. The summed E-state index contributed by atoms with van der Waals surface area (Å²) in [6.07, 6.45) is 0. The maximum Gasteiger partial charge on any atom is 0.235 e. The lowest BCUT2D eigenvalue weighted by Crippen LogP contribution is -2.33. The van der Waals surface area contributed by atoms with Crippen LogP contribution in [0.4, 0.5) is 11.6 Å². The number of aryl methyl sites for hydroxylation is 1. The average Bonchev–Trinajstić information content (AvgIpc) is 3.62. The molecule has 0 bridgehead atoms. The number of rotatable bonds is 3. The fourth-order valence-corrected chi connectivity index (χ4v) is 12.0. The minimum Gasteiger partial charge on any atom is -0.278 e. The van der Waals surface area contributed by atoms with Crippen molar-refractivity contribution in [1.29, 1.82) is 0 Å². The Hall–Kier alpha value is -5.93. The van der Waals surface area contributed by atoms with Gasteiger partial charge >= 0.3 is 0 Å². The zero-order valence-electron chi connectivity index (χ0n) is 30.8. The highest BCUT2D eigenvalue weighted by atomic mass is 32.1. The van der Waals surface area contributed by atoms with Crippen LogP contribution in [0.3, 0.4) is 0 Å². The molecule has 8 aromatic carbocycles. The van der Waals surface area contributed by atoms with Gasteiger partial charge in [0.2, 0.25) is 5.95 Å². The Morgan fingerprint density at radius 1 is 0.596 bits per heavy atom. The molecule has 0 saturated carbocycles. The molecule has 11 rings (SSSR count). The predicted octanol–water partition coefficient (Wildman–Crippen LogP) is 12.4. The third kappa shape index (κ3) is 4.29. The standard InChI is InChI=1S/C47H30N3PS/c1-29-28-31-18-8-9-21-33(31)42-41-35-23-11-10-22-34(35)40-37-25-13-15-27-39(37)52-46(40)44(41)50(51(45(29)42)32-19-6-3-7-20-32)47-48-38-26-14-12-24-36(38)43(49-47)30-16-4-2-5-17-30/h2-28H,1H3/i1D3. The molecule has 0 saturated heterocycles. The highest BCUT2D eigenvalue weighted by Crippen LogP contribution is 2.62. The highest BCUT2D eigenvalue weighted by molar-refractivity contribution is 7.75. The zero-order chi connectivity index (χ0) is 36.8. The van der Waals surface area contributed by atoms with Gasteiger partial charge in [-0.2, -0.15) is 0 Å². The van der Waals surface area contributed by atoms with Crippen LogP contribution in [0, 0.1) is 6.85 Å². The first-order chi connectivity index (χ1) is 27.0. The zero-order valence-corrected chi connectivity index (χ0v) is 29.5. The number of hydrogen-bond acceptors (Lipinski definition) is 4. The van der Waals surface area contributed by atoms with E-state index in [2.05, 4.69) is 95.7 Å². The van der Waals surface area contributed by atoms with E-state index in [4.69, 9.17) is 14.1 Å². The van der Waals surface area contributed by atoms with Crippen LogP contribution < -0.4 is 15.3 Å². The van der Waals surface area contributed by atoms with Crippen LogP contribution >= 0.6 is 19.4 Å². The van der Waals surface area contributed by atoms with Gasteiger partial charge in [-0.3, -0.25) is 4.67 Å². The summed E-state index contributed by atoms with van der Waals surface area (Å²) in [5.41, 5.74) is 6.01. The summed E-state index contributed by atoms with van der Waals surface area (Å²) in [6.45, 7) is -2.40. The van der Waals surface area contributed by atoms with Gasteiger partial charge in [-0.25, -0.2) is 9.97 Å². The molecule has 0 aliphatic carbocycles. The molecule has 0 amide bonds. The van der Waals surface area contributed by atoms with Crippen molar-refractivity contribution >= 4 is 94.3 Å². The molecule has 2 aromatic heterocycles. The molecule has 1 unspecified atom stereocenters. The van der Waals surface area contributed by atoms with Gasteiger partial charge in [0.1, 0.15) is 0 Å². The van der Waals surface area contributed by atoms with Crippen molar-refractivity contribution in [3.05, 3.63) is 169 Å². The van der Waals surface area contributed by atoms with E-state index >= 15 is 0 Å². The first-order valence-corrected chi connectivity index (χ1v) is 19.5. The molecule has 244 valence electrons. The van der Waals surface area contributed by atoms with Crippen molar-refractivity contribution < 1.29 is 4.11 Å². The van der Waals surface area contributed by atoms with Gasteiger partial charge in [0, 0.05) is 52.3 Å². The Labute approximate surface area is 310 Å². The second kappa shape index (κ2) is 11.5. The summed E-state index contributed by atoms with van der Waals surface area (Å²) in [5.74, 6) is 0.540. The molecule has 1 aliphatic heterocycles. The Kier molecular flexibility index (Phi) is 5.96. The third-order valence-electron chi connectivity index (χ3n) is 10.2. The maximum absolute atomic E-state index is 9.11. The second-order valence-electron chi connectivity index (χ2n) is 13.2. The minimum atomic E-state index is -2.40. The molecular formula is C47H30N3PS. The van der Waals surface area contributed by atoms with E-state index in [1.165, 1.54) is 15.5 Å². The molecule has 3 heterocycles.